The summed E-state index contributed by atoms with van der Waals surface area (Å²) in [5.74, 6) is 0.630. The first-order chi connectivity index (χ1) is 8.06. The van der Waals surface area contributed by atoms with Crippen LogP contribution >= 0.6 is 11.8 Å². The molecule has 0 aliphatic heterocycles. The summed E-state index contributed by atoms with van der Waals surface area (Å²) in [6, 6.07) is 4.72. The highest BCUT2D eigenvalue weighted by Crippen LogP contribution is 2.31. The minimum atomic E-state index is -0.717. The lowest BCUT2D eigenvalue weighted by molar-refractivity contribution is -0.387. The van der Waals surface area contributed by atoms with Crippen LogP contribution in [0.5, 0.6) is 0 Å². The fourth-order valence-electron chi connectivity index (χ4n) is 1.31. The highest BCUT2D eigenvalue weighted by molar-refractivity contribution is 7.99. The van der Waals surface area contributed by atoms with Crippen molar-refractivity contribution in [2.24, 2.45) is 0 Å². The maximum absolute atomic E-state index is 10.9. The van der Waals surface area contributed by atoms with E-state index in [9.17, 15) is 15.2 Å². The van der Waals surface area contributed by atoms with Gasteiger partial charge in [-0.25, -0.2) is 0 Å². The largest absolute Gasteiger partial charge is 0.396 e. The molecule has 1 atom stereocenters. The van der Waals surface area contributed by atoms with E-state index in [4.69, 9.17) is 5.11 Å². The number of nitro groups is 1. The van der Waals surface area contributed by atoms with Crippen LogP contribution in [0.1, 0.15) is 25.0 Å². The molecule has 1 aromatic carbocycles. The van der Waals surface area contributed by atoms with Crippen molar-refractivity contribution in [3.63, 3.8) is 0 Å². The van der Waals surface area contributed by atoms with E-state index in [1.807, 2.05) is 0 Å². The van der Waals surface area contributed by atoms with Crippen LogP contribution in [0, 0.1) is 10.1 Å². The normalized spacial score (nSPS) is 12.4. The molecule has 0 radical (unpaired) electrons. The Morgan fingerprint density at radius 3 is 2.76 bits per heavy atom. The number of benzene rings is 1. The van der Waals surface area contributed by atoms with Crippen molar-refractivity contribution in [2.75, 3.05) is 12.4 Å². The molecule has 0 fully saturated rings. The van der Waals surface area contributed by atoms with Crippen molar-refractivity contribution in [1.29, 1.82) is 0 Å². The van der Waals surface area contributed by atoms with Crippen LogP contribution in [0.15, 0.2) is 23.1 Å². The number of rotatable bonds is 6. The average molecular weight is 257 g/mol. The second kappa shape index (κ2) is 6.58. The Morgan fingerprint density at radius 2 is 2.24 bits per heavy atom. The Balaban J connectivity index is 2.92. The van der Waals surface area contributed by atoms with Gasteiger partial charge in [-0.2, -0.15) is 0 Å². The first-order valence-corrected chi connectivity index (χ1v) is 6.25. The van der Waals surface area contributed by atoms with Gasteiger partial charge in [0.2, 0.25) is 0 Å². The lowest BCUT2D eigenvalue weighted by Crippen LogP contribution is -1.97. The van der Waals surface area contributed by atoms with Crippen LogP contribution in [-0.4, -0.2) is 27.5 Å². The minimum Gasteiger partial charge on any atom is -0.396 e. The molecular formula is C11H15NO4S. The van der Waals surface area contributed by atoms with Gasteiger partial charge in [0.15, 0.2) is 0 Å². The summed E-state index contributed by atoms with van der Waals surface area (Å²) in [6.07, 6.45) is -0.120. The van der Waals surface area contributed by atoms with Gasteiger partial charge in [-0.15, -0.1) is 11.8 Å². The molecule has 0 saturated carbocycles. The summed E-state index contributed by atoms with van der Waals surface area (Å²) in [5.41, 5.74) is 0.537. The molecule has 0 aliphatic rings. The molecule has 0 spiro atoms. The van der Waals surface area contributed by atoms with E-state index in [0.29, 0.717) is 22.6 Å². The Kier molecular flexibility index (Phi) is 5.40. The molecule has 1 rings (SSSR count). The third kappa shape index (κ3) is 3.99. The number of aliphatic hydroxyl groups is 2. The molecule has 94 valence electrons. The molecule has 1 aromatic rings. The van der Waals surface area contributed by atoms with E-state index in [1.54, 1.807) is 19.1 Å². The highest BCUT2D eigenvalue weighted by atomic mass is 32.2. The van der Waals surface area contributed by atoms with E-state index >= 15 is 0 Å². The van der Waals surface area contributed by atoms with Gasteiger partial charge in [-0.3, -0.25) is 10.1 Å². The number of nitrogens with zero attached hydrogens (tertiary/aromatic N) is 1. The number of hydrogen-bond acceptors (Lipinski definition) is 5. The van der Waals surface area contributed by atoms with Gasteiger partial charge in [-0.1, -0.05) is 6.07 Å². The summed E-state index contributed by atoms with van der Waals surface area (Å²) in [4.78, 5) is 11.0. The third-order valence-electron chi connectivity index (χ3n) is 2.22. The van der Waals surface area contributed by atoms with E-state index < -0.39 is 11.0 Å². The van der Waals surface area contributed by atoms with E-state index in [0.717, 1.165) is 0 Å². The number of aliphatic hydroxyl groups excluding tert-OH is 2. The molecular weight excluding hydrogens is 242 g/mol. The molecule has 5 nitrogen and oxygen atoms in total. The predicted octanol–water partition coefficient (Wildman–Crippen LogP) is 2.12. The Morgan fingerprint density at radius 1 is 1.53 bits per heavy atom. The van der Waals surface area contributed by atoms with Gasteiger partial charge < -0.3 is 10.2 Å². The molecule has 17 heavy (non-hydrogen) atoms. The number of hydrogen-bond donors (Lipinski definition) is 2. The zero-order valence-electron chi connectivity index (χ0n) is 9.50. The zero-order valence-corrected chi connectivity index (χ0v) is 10.3. The lowest BCUT2D eigenvalue weighted by atomic mass is 10.1. The molecule has 0 aromatic heterocycles. The fraction of sp³-hybridized carbons (Fsp3) is 0.455. The maximum Gasteiger partial charge on any atom is 0.283 e. The first-order valence-electron chi connectivity index (χ1n) is 5.26. The van der Waals surface area contributed by atoms with Crippen LogP contribution in [0.25, 0.3) is 0 Å². The Hall–Kier alpha value is -1.11. The average Bonchev–Trinajstić information content (AvgIpc) is 2.29. The molecule has 0 bridgehead atoms. The monoisotopic (exact) mass is 257 g/mol. The van der Waals surface area contributed by atoms with E-state index in [-0.39, 0.29) is 12.3 Å². The molecule has 6 heteroatoms. The lowest BCUT2D eigenvalue weighted by Gasteiger charge is -2.07. The molecule has 0 aliphatic carbocycles. The van der Waals surface area contributed by atoms with Crippen LogP contribution in [-0.2, 0) is 0 Å². The van der Waals surface area contributed by atoms with Crippen molar-refractivity contribution in [3.05, 3.63) is 33.9 Å². The fourth-order valence-corrected chi connectivity index (χ4v) is 2.24. The van der Waals surface area contributed by atoms with Crippen LogP contribution in [0.4, 0.5) is 5.69 Å². The second-order valence-corrected chi connectivity index (χ2v) is 4.72. The molecule has 1 unspecified atom stereocenters. The van der Waals surface area contributed by atoms with Crippen LogP contribution in [0.3, 0.4) is 0 Å². The first kappa shape index (κ1) is 14.0. The smallest absolute Gasteiger partial charge is 0.283 e. The number of nitro benzene ring substituents is 1. The van der Waals surface area contributed by atoms with Crippen molar-refractivity contribution in [2.45, 2.75) is 24.3 Å². The standard InChI is InChI=1S/C11H15NO4S/c1-8(14)9-3-4-11(17-6-2-5-13)10(7-9)12(15)16/h3-4,7-8,13-14H,2,5-6H2,1H3. The summed E-state index contributed by atoms with van der Waals surface area (Å²) < 4.78 is 0. The summed E-state index contributed by atoms with van der Waals surface area (Å²) >= 11 is 1.34. The summed E-state index contributed by atoms with van der Waals surface area (Å²) in [7, 11) is 0. The van der Waals surface area contributed by atoms with Crippen molar-refractivity contribution in [1.82, 2.24) is 0 Å². The highest BCUT2D eigenvalue weighted by Gasteiger charge is 2.16. The molecule has 0 saturated heterocycles. The predicted molar refractivity (Wildman–Crippen MR) is 66.2 cm³/mol. The van der Waals surface area contributed by atoms with E-state index in [1.165, 1.54) is 17.8 Å². The van der Waals surface area contributed by atoms with Gasteiger partial charge in [0, 0.05) is 18.4 Å². The maximum atomic E-state index is 10.9. The molecule has 2 N–H and O–H groups in total. The van der Waals surface area contributed by atoms with Crippen molar-refractivity contribution in [3.8, 4) is 0 Å². The van der Waals surface area contributed by atoms with Gasteiger partial charge in [0.05, 0.1) is 15.9 Å². The topological polar surface area (TPSA) is 83.6 Å². The van der Waals surface area contributed by atoms with E-state index in [2.05, 4.69) is 0 Å². The van der Waals surface area contributed by atoms with Gasteiger partial charge in [-0.05, 0) is 25.0 Å². The van der Waals surface area contributed by atoms with Crippen molar-refractivity contribution >= 4 is 17.4 Å². The second-order valence-electron chi connectivity index (χ2n) is 3.59. The van der Waals surface area contributed by atoms with Gasteiger partial charge in [0.1, 0.15) is 0 Å². The van der Waals surface area contributed by atoms with Crippen LogP contribution in [0.2, 0.25) is 0 Å². The molecule has 0 heterocycles. The SMILES string of the molecule is CC(O)c1ccc(SCCCO)c([N+](=O)[O-])c1. The minimum absolute atomic E-state index is 0.00587. The third-order valence-corrected chi connectivity index (χ3v) is 3.37. The summed E-state index contributed by atoms with van der Waals surface area (Å²) in [5, 5.41) is 28.9. The summed E-state index contributed by atoms with van der Waals surface area (Å²) in [6.45, 7) is 1.64. The Labute approximate surface area is 104 Å². The quantitative estimate of drug-likeness (QED) is 0.353. The Bertz CT molecular complexity index is 395. The number of thioether (sulfide) groups is 1. The van der Waals surface area contributed by atoms with Crippen molar-refractivity contribution < 1.29 is 15.1 Å². The zero-order chi connectivity index (χ0) is 12.8. The van der Waals surface area contributed by atoms with Gasteiger partial charge in [0.25, 0.3) is 5.69 Å². The molecule has 0 amide bonds. The van der Waals surface area contributed by atoms with Crippen LogP contribution < -0.4 is 0 Å². The van der Waals surface area contributed by atoms with Gasteiger partial charge >= 0.3 is 0 Å².